The van der Waals surface area contributed by atoms with Gasteiger partial charge in [0.15, 0.2) is 11.6 Å². The molecule has 18 radical (unpaired) electrons. The summed E-state index contributed by atoms with van der Waals surface area (Å²) in [5.41, 5.74) is 11.9. The van der Waals surface area contributed by atoms with Gasteiger partial charge in [-0.1, -0.05) is 180 Å². The fourth-order valence-corrected chi connectivity index (χ4v) is 12.0. The van der Waals surface area contributed by atoms with Gasteiger partial charge in [-0.3, -0.25) is 4.57 Å². The number of phenols is 1. The second kappa shape index (κ2) is 19.9. The van der Waals surface area contributed by atoms with Crippen molar-refractivity contribution in [1.82, 2.24) is 24.1 Å². The standard InChI is InChI=1S/C67H36B9N5O/c68-53-51(54(69)58(73)60(75)57(53)72)39-31-40(52-55(70)59(74)61(76)64(82)56(52)71)33-41(32-39)80-48-23-9-7-19-44(48)46-29-30-47-45-20-8-10-24-49(45)81(63(47)62(46)80)67-78-65(37-15-5-2-6-16-37)77-66(79-67)38-27-25-35(26-28-38)43-22-12-18-36-17-11-21-42(50(36)43)34-13-3-1-4-14-34/h1,3-5,7-33,82H,2,6H2. The van der Waals surface area contributed by atoms with E-state index in [1.807, 2.05) is 42.5 Å². The van der Waals surface area contributed by atoms with Crippen LogP contribution in [-0.2, 0) is 0 Å². The first-order valence-corrected chi connectivity index (χ1v) is 26.7. The molecule has 0 atom stereocenters. The smallest absolute Gasteiger partial charge is 0.238 e. The SMILES string of the molecule is [B]c1c([B])c([B])c(-c2cc(-c3c([B])c([B])c([B])c(O)c3[B])cc(-n3c4ccccc4c4ccc5c6ccccc6n(-c6nc(C7=CCCC=C7)nc(-c7ccc(-c8cccc9cccc(-c%10ccccc%10)c89)cc7)n6)c5c43)c2)c([B])c1[B]. The van der Waals surface area contributed by atoms with Crippen LogP contribution in [0.2, 0.25) is 0 Å². The minimum atomic E-state index is -0.412. The van der Waals surface area contributed by atoms with E-state index in [4.69, 9.17) is 85.6 Å². The summed E-state index contributed by atoms with van der Waals surface area (Å²) in [7, 11) is 59.4. The number of rotatable bonds is 8. The van der Waals surface area contributed by atoms with E-state index in [1.54, 1.807) is 6.07 Å². The molecule has 3 aromatic heterocycles. The van der Waals surface area contributed by atoms with Gasteiger partial charge in [0.1, 0.15) is 76.4 Å². The Kier molecular flexibility index (Phi) is 12.4. The van der Waals surface area contributed by atoms with Crippen LogP contribution >= 0.6 is 0 Å². The molecule has 362 valence electrons. The molecule has 10 aromatic carbocycles. The van der Waals surface area contributed by atoms with Crippen LogP contribution in [0.3, 0.4) is 0 Å². The number of fused-ring (bicyclic) bond motifs is 8. The van der Waals surface area contributed by atoms with E-state index in [0.29, 0.717) is 40.0 Å². The van der Waals surface area contributed by atoms with Crippen LogP contribution in [0, 0.1) is 0 Å². The molecule has 0 fully saturated rings. The Morgan fingerprint density at radius 1 is 0.390 bits per heavy atom. The van der Waals surface area contributed by atoms with Gasteiger partial charge in [-0.25, -0.2) is 4.98 Å². The molecule has 14 rings (SSSR count). The first kappa shape index (κ1) is 51.1. The van der Waals surface area contributed by atoms with Gasteiger partial charge in [0.05, 0.1) is 22.1 Å². The van der Waals surface area contributed by atoms with E-state index in [-0.39, 0.29) is 54.7 Å². The molecule has 3 heterocycles. The van der Waals surface area contributed by atoms with Crippen molar-refractivity contribution in [2.24, 2.45) is 0 Å². The Hall–Kier alpha value is -9.07. The predicted octanol–water partition coefficient (Wildman–Crippen LogP) is 6.14. The van der Waals surface area contributed by atoms with Gasteiger partial charge >= 0.3 is 0 Å². The molecule has 0 aliphatic heterocycles. The monoisotopic (exact) mass is 1030 g/mol. The molecule has 82 heavy (non-hydrogen) atoms. The summed E-state index contributed by atoms with van der Waals surface area (Å²) in [5, 5.41) is 17.5. The maximum Gasteiger partial charge on any atom is 0.238 e. The third-order valence-corrected chi connectivity index (χ3v) is 16.1. The van der Waals surface area contributed by atoms with Crippen LogP contribution in [0.15, 0.2) is 188 Å². The molecule has 0 saturated heterocycles. The second-order valence-electron chi connectivity index (χ2n) is 20.7. The Balaban J connectivity index is 1.04. The zero-order valence-corrected chi connectivity index (χ0v) is 44.2. The quantitative estimate of drug-likeness (QED) is 0.186. The van der Waals surface area contributed by atoms with Crippen LogP contribution < -0.4 is 49.2 Å². The normalized spacial score (nSPS) is 12.6. The molecule has 0 bridgehead atoms. The van der Waals surface area contributed by atoms with Gasteiger partial charge in [0, 0.05) is 38.4 Å². The lowest BCUT2D eigenvalue weighted by Gasteiger charge is -2.24. The van der Waals surface area contributed by atoms with Crippen molar-refractivity contribution in [1.29, 1.82) is 0 Å². The highest BCUT2D eigenvalue weighted by Crippen LogP contribution is 2.43. The zero-order chi connectivity index (χ0) is 56.2. The van der Waals surface area contributed by atoms with Gasteiger partial charge < -0.3 is 9.67 Å². The number of hydrogen-bond acceptors (Lipinski definition) is 4. The fraction of sp³-hybridized carbons (Fsp3) is 0.0299. The molecular weight excluding hydrogens is 988 g/mol. The van der Waals surface area contributed by atoms with Crippen molar-refractivity contribution in [3.05, 3.63) is 194 Å². The third-order valence-electron chi connectivity index (χ3n) is 16.1. The molecular formula is C67H36B9N5O. The molecule has 0 amide bonds. The van der Waals surface area contributed by atoms with Crippen molar-refractivity contribution in [2.75, 3.05) is 0 Å². The minimum Gasteiger partial charge on any atom is -0.509 e. The van der Waals surface area contributed by atoms with E-state index in [9.17, 15) is 5.11 Å². The molecule has 1 aliphatic rings. The molecule has 0 unspecified atom stereocenters. The number of phenolic OH excluding ortho intramolecular Hbond substituents is 1. The molecule has 13 aromatic rings. The van der Waals surface area contributed by atoms with E-state index >= 15 is 0 Å². The Morgan fingerprint density at radius 3 is 1.51 bits per heavy atom. The lowest BCUT2D eigenvalue weighted by Crippen LogP contribution is -2.55. The van der Waals surface area contributed by atoms with Crippen LogP contribution in [0.4, 0.5) is 0 Å². The Labute approximate surface area is 486 Å². The van der Waals surface area contributed by atoms with Crippen molar-refractivity contribution in [3.63, 3.8) is 0 Å². The van der Waals surface area contributed by atoms with Crippen LogP contribution in [-0.4, -0.2) is 99.8 Å². The minimum absolute atomic E-state index is 0.0366. The molecule has 1 aliphatic carbocycles. The number of benzene rings is 10. The van der Waals surface area contributed by atoms with Crippen LogP contribution in [0.1, 0.15) is 18.7 Å². The maximum atomic E-state index is 11.3. The summed E-state index contributed by atoms with van der Waals surface area (Å²) < 4.78 is 4.31. The summed E-state index contributed by atoms with van der Waals surface area (Å²) in [6.45, 7) is 0. The van der Waals surface area contributed by atoms with E-state index in [0.717, 1.165) is 89.7 Å². The van der Waals surface area contributed by atoms with Gasteiger partial charge in [-0.2, -0.15) is 9.97 Å². The molecule has 0 saturated carbocycles. The Bertz CT molecular complexity index is 4780. The molecule has 0 spiro atoms. The molecule has 15 heteroatoms. The average Bonchev–Trinajstić information content (AvgIpc) is 1.87. The number of para-hydroxylation sites is 2. The Morgan fingerprint density at radius 2 is 0.902 bits per heavy atom. The third kappa shape index (κ3) is 8.02. The van der Waals surface area contributed by atoms with Gasteiger partial charge in [0.2, 0.25) is 5.95 Å². The fourth-order valence-electron chi connectivity index (χ4n) is 12.0. The van der Waals surface area contributed by atoms with E-state index in [2.05, 4.69) is 149 Å². The number of nitrogens with zero attached hydrogens (tertiary/aromatic N) is 5. The first-order chi connectivity index (χ1) is 39.9. The average molecular weight is 1020 g/mol. The second-order valence-corrected chi connectivity index (χ2v) is 20.7. The highest BCUT2D eigenvalue weighted by Gasteiger charge is 2.26. The summed E-state index contributed by atoms with van der Waals surface area (Å²) in [5.74, 6) is 1.04. The topological polar surface area (TPSA) is 68.8 Å². The lowest BCUT2D eigenvalue weighted by molar-refractivity contribution is 0.484. The van der Waals surface area contributed by atoms with Crippen molar-refractivity contribution < 1.29 is 5.11 Å². The van der Waals surface area contributed by atoms with Crippen molar-refractivity contribution in [3.8, 4) is 73.3 Å². The van der Waals surface area contributed by atoms with Crippen LogP contribution in [0.25, 0.3) is 127 Å². The highest BCUT2D eigenvalue weighted by molar-refractivity contribution is 6.69. The number of aromatic nitrogens is 5. The summed E-state index contributed by atoms with van der Waals surface area (Å²) >= 11 is 0. The highest BCUT2D eigenvalue weighted by atomic mass is 16.3. The van der Waals surface area contributed by atoms with Gasteiger partial charge in [0.25, 0.3) is 0 Å². The largest absolute Gasteiger partial charge is 0.509 e. The zero-order valence-electron chi connectivity index (χ0n) is 44.2. The first-order valence-electron chi connectivity index (χ1n) is 26.7. The molecule has 1 N–H and O–H groups in total. The van der Waals surface area contributed by atoms with E-state index < -0.39 is 5.75 Å². The van der Waals surface area contributed by atoms with Crippen molar-refractivity contribution in [2.45, 2.75) is 12.8 Å². The summed E-state index contributed by atoms with van der Waals surface area (Å²) in [6, 6.07) is 58.3. The number of aromatic hydroxyl groups is 1. The number of hydrogen-bond donors (Lipinski definition) is 1. The lowest BCUT2D eigenvalue weighted by atomic mass is 9.59. The number of allylic oxidation sites excluding steroid dienone is 4. The van der Waals surface area contributed by atoms with Gasteiger partial charge in [-0.15, -0.1) is 21.9 Å². The predicted molar refractivity (Wildman–Crippen MR) is 350 cm³/mol. The van der Waals surface area contributed by atoms with Crippen LogP contribution in [0.5, 0.6) is 5.75 Å². The molecule has 6 nitrogen and oxygen atoms in total. The van der Waals surface area contributed by atoms with E-state index in [1.165, 1.54) is 10.9 Å². The van der Waals surface area contributed by atoms with Crippen molar-refractivity contribution >= 4 is 180 Å². The van der Waals surface area contributed by atoms with Gasteiger partial charge in [-0.05, 0) is 104 Å². The summed E-state index contributed by atoms with van der Waals surface area (Å²) in [6.07, 6.45) is 8.18. The summed E-state index contributed by atoms with van der Waals surface area (Å²) in [4.78, 5) is 16.1. The maximum absolute atomic E-state index is 11.3.